The first-order valence-corrected chi connectivity index (χ1v) is 15.0. The second-order valence-corrected chi connectivity index (χ2v) is 12.9. The molecule has 2 aromatic heterocycles. The molecule has 37 heavy (non-hydrogen) atoms. The van der Waals surface area contributed by atoms with E-state index in [9.17, 15) is 12.8 Å². The second kappa shape index (κ2) is 10.0. The maximum absolute atomic E-state index is 13.9. The molecule has 2 fully saturated rings. The van der Waals surface area contributed by atoms with Crippen molar-refractivity contribution >= 4 is 43.9 Å². The lowest BCUT2D eigenvalue weighted by atomic mass is 9.89. The molecule has 10 heteroatoms. The summed E-state index contributed by atoms with van der Waals surface area (Å²) < 4.78 is 37.5. The molecule has 0 saturated carbocycles. The van der Waals surface area contributed by atoms with Gasteiger partial charge in [0.25, 0.3) is 0 Å². The first-order chi connectivity index (χ1) is 17.6. The number of benzene rings is 1. The first-order valence-electron chi connectivity index (χ1n) is 12.9. The zero-order valence-electron chi connectivity index (χ0n) is 21.9. The minimum absolute atomic E-state index is 0.116. The number of alkyl halides is 1. The van der Waals surface area contributed by atoms with Crippen LogP contribution in [0.1, 0.15) is 45.1 Å². The number of pyridine rings is 1. The van der Waals surface area contributed by atoms with E-state index in [4.69, 9.17) is 4.98 Å². The van der Waals surface area contributed by atoms with E-state index in [0.717, 1.165) is 46.6 Å². The minimum Gasteiger partial charge on any atom is -0.367 e. The van der Waals surface area contributed by atoms with E-state index in [0.29, 0.717) is 25.5 Å². The molecule has 2 aliphatic heterocycles. The lowest BCUT2D eigenvalue weighted by molar-refractivity contribution is 0.286. The normalized spacial score (nSPS) is 22.4. The highest BCUT2D eigenvalue weighted by molar-refractivity contribution is 7.90. The number of piperidine rings is 1. The van der Waals surface area contributed by atoms with Gasteiger partial charge in [0.15, 0.2) is 0 Å². The van der Waals surface area contributed by atoms with Gasteiger partial charge in [0.1, 0.15) is 21.8 Å². The number of hydrogen-bond donors (Lipinski definition) is 1. The number of sulfone groups is 1. The van der Waals surface area contributed by atoms with E-state index in [1.54, 1.807) is 6.20 Å². The standard InChI is InChI=1S/C27H35FN6O2S/c1-17(2)22-7-8-24(34-14-19(18(34)3)16-37(4,35)36)23-13-30-27(32-26(22)23)31-21-9-10-29-25(12-21)33-11-5-6-20(28)15-33/h7-10,12-13,17-20H,5-6,11,14-16H2,1-4H3,(H,29,30,31,32)/t18-,19-,20-/m1/s1. The maximum atomic E-state index is 13.9. The molecule has 4 heterocycles. The number of fused-ring (bicyclic) bond motifs is 1. The van der Waals surface area contributed by atoms with Crippen molar-refractivity contribution in [2.45, 2.75) is 51.7 Å². The zero-order chi connectivity index (χ0) is 26.3. The van der Waals surface area contributed by atoms with Gasteiger partial charge in [-0.2, -0.15) is 0 Å². The average Bonchev–Trinajstić information content (AvgIpc) is 2.85. The van der Waals surface area contributed by atoms with Crippen LogP contribution in [0.4, 0.5) is 27.5 Å². The number of aromatic nitrogens is 3. The second-order valence-electron chi connectivity index (χ2n) is 10.7. The molecule has 3 atom stereocenters. The third-order valence-corrected chi connectivity index (χ3v) is 8.54. The Bertz CT molecular complexity index is 1400. The molecule has 3 aromatic rings. The third kappa shape index (κ3) is 5.49. The van der Waals surface area contributed by atoms with E-state index < -0.39 is 16.0 Å². The predicted octanol–water partition coefficient (Wildman–Crippen LogP) is 4.70. The van der Waals surface area contributed by atoms with Crippen molar-refractivity contribution in [2.24, 2.45) is 5.92 Å². The average molecular weight is 527 g/mol. The highest BCUT2D eigenvalue weighted by atomic mass is 32.2. The molecule has 0 bridgehead atoms. The van der Waals surface area contributed by atoms with Crippen LogP contribution in [0.3, 0.4) is 0 Å². The fourth-order valence-electron chi connectivity index (χ4n) is 5.42. The van der Waals surface area contributed by atoms with Gasteiger partial charge < -0.3 is 15.1 Å². The Kier molecular flexibility index (Phi) is 6.95. The van der Waals surface area contributed by atoms with Crippen LogP contribution in [0, 0.1) is 5.92 Å². The Morgan fingerprint density at radius 3 is 2.70 bits per heavy atom. The molecule has 0 spiro atoms. The first kappa shape index (κ1) is 25.6. The zero-order valence-corrected chi connectivity index (χ0v) is 22.7. The highest BCUT2D eigenvalue weighted by Gasteiger charge is 2.38. The molecular weight excluding hydrogens is 491 g/mol. The third-order valence-electron chi connectivity index (χ3n) is 7.50. The quantitative estimate of drug-likeness (QED) is 0.474. The number of halogens is 1. The summed E-state index contributed by atoms with van der Waals surface area (Å²) in [4.78, 5) is 18.2. The van der Waals surface area contributed by atoms with Gasteiger partial charge in [-0.05, 0) is 43.4 Å². The van der Waals surface area contributed by atoms with E-state index in [-0.39, 0.29) is 23.6 Å². The summed E-state index contributed by atoms with van der Waals surface area (Å²) in [7, 11) is -3.02. The Morgan fingerprint density at radius 1 is 1.19 bits per heavy atom. The van der Waals surface area contributed by atoms with Crippen LogP contribution >= 0.6 is 0 Å². The van der Waals surface area contributed by atoms with Crippen LogP contribution in [0.15, 0.2) is 36.7 Å². The lowest BCUT2D eigenvalue weighted by Gasteiger charge is -2.48. The number of nitrogens with zero attached hydrogens (tertiary/aromatic N) is 5. The highest BCUT2D eigenvalue weighted by Crippen LogP contribution is 2.38. The van der Waals surface area contributed by atoms with Crippen molar-refractivity contribution in [3.63, 3.8) is 0 Å². The van der Waals surface area contributed by atoms with Crippen LogP contribution < -0.4 is 15.1 Å². The molecule has 0 unspecified atom stereocenters. The van der Waals surface area contributed by atoms with Crippen LogP contribution in [-0.4, -0.2) is 67.2 Å². The molecule has 198 valence electrons. The van der Waals surface area contributed by atoms with Gasteiger partial charge in [0, 0.05) is 66.5 Å². The Balaban J connectivity index is 1.42. The molecule has 2 aliphatic rings. The predicted molar refractivity (Wildman–Crippen MR) is 147 cm³/mol. The Morgan fingerprint density at radius 2 is 2.00 bits per heavy atom. The van der Waals surface area contributed by atoms with Crippen molar-refractivity contribution in [3.8, 4) is 0 Å². The summed E-state index contributed by atoms with van der Waals surface area (Å²) in [6.07, 6.45) is 5.47. The smallest absolute Gasteiger partial charge is 0.227 e. The summed E-state index contributed by atoms with van der Waals surface area (Å²) in [6, 6.07) is 8.11. The maximum Gasteiger partial charge on any atom is 0.227 e. The Labute approximate surface area is 218 Å². The van der Waals surface area contributed by atoms with Crippen LogP contribution in [0.2, 0.25) is 0 Å². The van der Waals surface area contributed by atoms with Crippen LogP contribution in [-0.2, 0) is 9.84 Å². The number of rotatable bonds is 7. The molecule has 0 radical (unpaired) electrons. The van der Waals surface area contributed by atoms with E-state index in [1.807, 2.05) is 23.2 Å². The minimum atomic E-state index is -3.02. The molecule has 0 aliphatic carbocycles. The van der Waals surface area contributed by atoms with E-state index >= 15 is 0 Å². The van der Waals surface area contributed by atoms with Gasteiger partial charge >= 0.3 is 0 Å². The molecular formula is C27H35FN6O2S. The molecule has 5 rings (SSSR count). The summed E-state index contributed by atoms with van der Waals surface area (Å²) in [5, 5.41) is 4.27. The van der Waals surface area contributed by atoms with Crippen molar-refractivity contribution in [1.29, 1.82) is 0 Å². The van der Waals surface area contributed by atoms with Crippen molar-refractivity contribution in [2.75, 3.05) is 46.8 Å². The van der Waals surface area contributed by atoms with Gasteiger partial charge in [0.05, 0.1) is 17.8 Å². The van der Waals surface area contributed by atoms with Gasteiger partial charge in [-0.3, -0.25) is 0 Å². The summed E-state index contributed by atoms with van der Waals surface area (Å²) >= 11 is 0. The number of hydrogen-bond acceptors (Lipinski definition) is 8. The summed E-state index contributed by atoms with van der Waals surface area (Å²) in [5.41, 5.74) is 3.84. The van der Waals surface area contributed by atoms with Crippen molar-refractivity contribution in [3.05, 3.63) is 42.2 Å². The monoisotopic (exact) mass is 526 g/mol. The molecule has 0 amide bonds. The molecule has 8 nitrogen and oxygen atoms in total. The van der Waals surface area contributed by atoms with E-state index in [1.165, 1.54) is 6.26 Å². The molecule has 2 saturated heterocycles. The summed E-state index contributed by atoms with van der Waals surface area (Å²) in [5.74, 6) is 1.82. The summed E-state index contributed by atoms with van der Waals surface area (Å²) in [6.45, 7) is 8.22. The van der Waals surface area contributed by atoms with Crippen LogP contribution in [0.25, 0.3) is 10.9 Å². The van der Waals surface area contributed by atoms with Gasteiger partial charge in [0.2, 0.25) is 5.95 Å². The van der Waals surface area contributed by atoms with Gasteiger partial charge in [-0.1, -0.05) is 19.9 Å². The fourth-order valence-corrected chi connectivity index (χ4v) is 6.58. The van der Waals surface area contributed by atoms with Crippen molar-refractivity contribution in [1.82, 2.24) is 15.0 Å². The van der Waals surface area contributed by atoms with Crippen molar-refractivity contribution < 1.29 is 12.8 Å². The molecule has 1 aromatic carbocycles. The Hall–Kier alpha value is -3.01. The fraction of sp³-hybridized carbons (Fsp3) is 0.519. The topological polar surface area (TPSA) is 91.3 Å². The van der Waals surface area contributed by atoms with Gasteiger partial charge in [-0.25, -0.2) is 27.8 Å². The number of anilines is 4. The van der Waals surface area contributed by atoms with E-state index in [2.05, 4.69) is 53.1 Å². The SMILES string of the molecule is CC(C)c1ccc(N2C[C@H](CS(C)(=O)=O)[C@H]2C)c2cnc(Nc3ccnc(N4CCC[C@@H](F)C4)c3)nc12. The largest absolute Gasteiger partial charge is 0.367 e. The van der Waals surface area contributed by atoms with Crippen LogP contribution in [0.5, 0.6) is 0 Å². The molecule has 1 N–H and O–H groups in total. The van der Waals surface area contributed by atoms with Gasteiger partial charge in [-0.15, -0.1) is 0 Å². The lowest BCUT2D eigenvalue weighted by Crippen LogP contribution is -2.57. The number of nitrogens with one attached hydrogen (secondary N) is 1.